The largest absolute Gasteiger partial charge is 0.326 e. The van der Waals surface area contributed by atoms with Crippen LogP contribution in [-0.2, 0) is 21.2 Å². The lowest BCUT2D eigenvalue weighted by atomic mass is 10.1. The van der Waals surface area contributed by atoms with Crippen LogP contribution in [0.25, 0.3) is 0 Å². The number of hydrogen-bond donors (Lipinski definition) is 1. The molecule has 0 aliphatic carbocycles. The Morgan fingerprint density at radius 3 is 2.14 bits per heavy atom. The molecule has 6 heteroatoms. The van der Waals surface area contributed by atoms with Gasteiger partial charge in [-0.2, -0.15) is 4.31 Å². The summed E-state index contributed by atoms with van der Waals surface area (Å²) in [6, 6.07) is 7.64. The lowest BCUT2D eigenvalue weighted by Crippen LogP contribution is -2.46. The third-order valence-electron chi connectivity index (χ3n) is 3.34. The van der Waals surface area contributed by atoms with Crippen molar-refractivity contribution in [3.63, 3.8) is 0 Å². The molecule has 22 heavy (non-hydrogen) atoms. The zero-order chi connectivity index (χ0) is 17.0. The molecule has 1 aromatic rings. The monoisotopic (exact) mass is 326 g/mol. The van der Waals surface area contributed by atoms with E-state index in [0.717, 1.165) is 12.1 Å². The first-order chi connectivity index (χ1) is 10.0. The fourth-order valence-electron chi connectivity index (χ4n) is 2.25. The Morgan fingerprint density at radius 1 is 1.18 bits per heavy atom. The van der Waals surface area contributed by atoms with Gasteiger partial charge in [-0.15, -0.1) is 0 Å². The summed E-state index contributed by atoms with van der Waals surface area (Å²) in [4.78, 5) is 12.0. The van der Waals surface area contributed by atoms with Gasteiger partial charge in [0, 0.05) is 24.2 Å². The van der Waals surface area contributed by atoms with E-state index >= 15 is 0 Å². The van der Waals surface area contributed by atoms with Gasteiger partial charge in [0.05, 0.1) is 6.26 Å². The molecule has 0 aliphatic heterocycles. The zero-order valence-electron chi connectivity index (χ0n) is 14.0. The maximum atomic E-state index is 12.0. The van der Waals surface area contributed by atoms with Gasteiger partial charge in [-0.25, -0.2) is 8.42 Å². The molecule has 1 rings (SSSR count). The summed E-state index contributed by atoms with van der Waals surface area (Å²) >= 11 is 0. The van der Waals surface area contributed by atoms with Crippen LogP contribution < -0.4 is 5.32 Å². The number of rotatable bonds is 6. The number of benzene rings is 1. The highest BCUT2D eigenvalue weighted by Crippen LogP contribution is 2.18. The van der Waals surface area contributed by atoms with Crippen LogP contribution in [0.4, 0.5) is 5.69 Å². The number of amides is 1. The summed E-state index contributed by atoms with van der Waals surface area (Å²) in [5, 5.41) is 2.79. The second kappa shape index (κ2) is 7.24. The number of carbonyl (C=O) groups is 1. The molecule has 0 fully saturated rings. The Labute approximate surface area is 133 Å². The van der Waals surface area contributed by atoms with E-state index in [1.54, 1.807) is 0 Å². The molecule has 0 aromatic heterocycles. The van der Waals surface area contributed by atoms with Crippen molar-refractivity contribution in [2.75, 3.05) is 18.1 Å². The van der Waals surface area contributed by atoms with Crippen molar-refractivity contribution in [1.82, 2.24) is 4.31 Å². The molecule has 1 amide bonds. The summed E-state index contributed by atoms with van der Waals surface area (Å²) in [5.74, 6) is -0.192. The van der Waals surface area contributed by atoms with Gasteiger partial charge in [0.1, 0.15) is 0 Å². The molecule has 0 unspecified atom stereocenters. The van der Waals surface area contributed by atoms with Crippen LogP contribution in [0.1, 0.15) is 39.7 Å². The van der Waals surface area contributed by atoms with Gasteiger partial charge in [-0.1, -0.05) is 19.1 Å². The lowest BCUT2D eigenvalue weighted by molar-refractivity contribution is -0.116. The third-order valence-corrected chi connectivity index (χ3v) is 4.87. The molecule has 0 atom stereocenters. The summed E-state index contributed by atoms with van der Waals surface area (Å²) in [6.07, 6.45) is 2.24. The van der Waals surface area contributed by atoms with Gasteiger partial charge in [0.15, 0.2) is 0 Å². The van der Waals surface area contributed by atoms with E-state index in [0.29, 0.717) is 0 Å². The van der Waals surface area contributed by atoms with Crippen LogP contribution in [0.15, 0.2) is 24.3 Å². The van der Waals surface area contributed by atoms with E-state index in [2.05, 4.69) is 12.2 Å². The van der Waals surface area contributed by atoms with Crippen molar-refractivity contribution < 1.29 is 13.2 Å². The van der Waals surface area contributed by atoms with Crippen molar-refractivity contribution in [3.05, 3.63) is 29.8 Å². The quantitative estimate of drug-likeness (QED) is 0.874. The van der Waals surface area contributed by atoms with Crippen molar-refractivity contribution in [1.29, 1.82) is 0 Å². The van der Waals surface area contributed by atoms with Gasteiger partial charge in [0.2, 0.25) is 15.9 Å². The molecule has 124 valence electrons. The first-order valence-electron chi connectivity index (χ1n) is 7.40. The molecule has 5 nitrogen and oxygen atoms in total. The fraction of sp³-hybridized carbons (Fsp3) is 0.562. The maximum absolute atomic E-state index is 12.0. The normalized spacial score (nSPS) is 12.5. The van der Waals surface area contributed by atoms with Gasteiger partial charge in [0.25, 0.3) is 0 Å². The number of anilines is 1. The van der Waals surface area contributed by atoms with Crippen LogP contribution in [0.5, 0.6) is 0 Å². The van der Waals surface area contributed by atoms with Gasteiger partial charge >= 0.3 is 0 Å². The molecular weight excluding hydrogens is 300 g/mol. The van der Waals surface area contributed by atoms with E-state index in [1.807, 2.05) is 45.0 Å². The number of carbonyl (C=O) groups excluding carboxylic acids is 1. The molecule has 0 radical (unpaired) electrons. The van der Waals surface area contributed by atoms with E-state index in [4.69, 9.17) is 0 Å². The highest BCUT2D eigenvalue weighted by molar-refractivity contribution is 7.88. The standard InChI is InChI=1S/C16H26N2O3S/c1-6-13-7-9-14(10-8-13)17-15(19)11-12-18(16(2,3)4)22(5,20)21/h7-10H,6,11-12H2,1-5H3,(H,17,19). The predicted molar refractivity (Wildman–Crippen MR) is 90.4 cm³/mol. The van der Waals surface area contributed by atoms with Crippen LogP contribution >= 0.6 is 0 Å². The summed E-state index contributed by atoms with van der Waals surface area (Å²) in [5.41, 5.74) is 1.38. The molecule has 0 heterocycles. The summed E-state index contributed by atoms with van der Waals surface area (Å²) in [7, 11) is -3.35. The third kappa shape index (κ3) is 5.77. The topological polar surface area (TPSA) is 66.5 Å². The molecule has 1 aromatic carbocycles. The highest BCUT2D eigenvalue weighted by Gasteiger charge is 2.29. The van der Waals surface area contributed by atoms with Gasteiger partial charge in [-0.05, 0) is 44.9 Å². The Kier molecular flexibility index (Phi) is 6.14. The Hall–Kier alpha value is -1.40. The first kappa shape index (κ1) is 18.6. The van der Waals surface area contributed by atoms with E-state index in [9.17, 15) is 13.2 Å². The van der Waals surface area contributed by atoms with Gasteiger partial charge < -0.3 is 5.32 Å². The molecule has 0 bridgehead atoms. The number of nitrogens with one attached hydrogen (secondary N) is 1. The van der Waals surface area contributed by atoms with Gasteiger partial charge in [-0.3, -0.25) is 4.79 Å². The number of nitrogens with zero attached hydrogens (tertiary/aromatic N) is 1. The summed E-state index contributed by atoms with van der Waals surface area (Å²) in [6.45, 7) is 7.68. The fourth-order valence-corrected chi connectivity index (χ4v) is 3.67. The van der Waals surface area contributed by atoms with Crippen molar-refractivity contribution in [3.8, 4) is 0 Å². The first-order valence-corrected chi connectivity index (χ1v) is 9.25. The second-order valence-electron chi connectivity index (χ2n) is 6.35. The average molecular weight is 326 g/mol. The smallest absolute Gasteiger partial charge is 0.225 e. The van der Waals surface area contributed by atoms with Crippen molar-refractivity contribution in [2.24, 2.45) is 0 Å². The van der Waals surface area contributed by atoms with E-state index < -0.39 is 15.6 Å². The molecule has 0 spiro atoms. The Balaban J connectivity index is 2.64. The lowest BCUT2D eigenvalue weighted by Gasteiger charge is -2.33. The number of sulfonamides is 1. The SMILES string of the molecule is CCc1ccc(NC(=O)CCN(C(C)(C)C)S(C)(=O)=O)cc1. The van der Waals surface area contributed by atoms with Crippen LogP contribution in [0, 0.1) is 0 Å². The molecule has 1 N–H and O–H groups in total. The Bertz CT molecular complexity index is 601. The summed E-state index contributed by atoms with van der Waals surface area (Å²) < 4.78 is 25.0. The highest BCUT2D eigenvalue weighted by atomic mass is 32.2. The minimum atomic E-state index is -3.35. The number of aryl methyl sites for hydroxylation is 1. The number of hydrogen-bond acceptors (Lipinski definition) is 3. The second-order valence-corrected chi connectivity index (χ2v) is 8.26. The molecule has 0 aliphatic rings. The van der Waals surface area contributed by atoms with E-state index in [-0.39, 0.29) is 18.9 Å². The Morgan fingerprint density at radius 2 is 1.73 bits per heavy atom. The predicted octanol–water partition coefficient (Wildman–Crippen LogP) is 2.64. The minimum absolute atomic E-state index is 0.125. The van der Waals surface area contributed by atoms with Crippen LogP contribution in [0.2, 0.25) is 0 Å². The van der Waals surface area contributed by atoms with Crippen LogP contribution in [-0.4, -0.2) is 37.0 Å². The molecule has 0 saturated carbocycles. The maximum Gasteiger partial charge on any atom is 0.225 e. The van der Waals surface area contributed by atoms with Crippen molar-refractivity contribution in [2.45, 2.75) is 46.1 Å². The van der Waals surface area contributed by atoms with Crippen molar-refractivity contribution >= 4 is 21.6 Å². The zero-order valence-corrected chi connectivity index (χ0v) is 14.8. The van der Waals surface area contributed by atoms with Crippen LogP contribution in [0.3, 0.4) is 0 Å². The average Bonchev–Trinajstić information content (AvgIpc) is 2.36. The molecule has 0 saturated heterocycles. The molecular formula is C16H26N2O3S. The minimum Gasteiger partial charge on any atom is -0.326 e. The van der Waals surface area contributed by atoms with E-state index in [1.165, 1.54) is 16.1 Å².